The number of aliphatic hydroxyl groups is 1. The molecule has 1 aliphatic carbocycles. The number of aliphatic hydroxyl groups excluding tert-OH is 1. The lowest BCUT2D eigenvalue weighted by atomic mass is 9.85. The van der Waals surface area contributed by atoms with Gasteiger partial charge in [-0.25, -0.2) is 0 Å². The number of benzene rings is 2. The molecule has 0 amide bonds. The summed E-state index contributed by atoms with van der Waals surface area (Å²) in [4.78, 5) is 4.61. The van der Waals surface area contributed by atoms with E-state index in [1.54, 1.807) is 6.21 Å². The number of rotatable bonds is 2. The highest BCUT2D eigenvalue weighted by Gasteiger charge is 2.30. The molecule has 3 nitrogen and oxygen atoms in total. The van der Waals surface area contributed by atoms with Gasteiger partial charge in [0.15, 0.2) is 0 Å². The van der Waals surface area contributed by atoms with Gasteiger partial charge >= 0.3 is 0 Å². The van der Waals surface area contributed by atoms with Crippen molar-refractivity contribution in [2.45, 2.75) is 51.7 Å². The first kappa shape index (κ1) is 16.7. The second-order valence-electron chi connectivity index (χ2n) is 7.67. The van der Waals surface area contributed by atoms with Crippen molar-refractivity contribution in [2.75, 3.05) is 0 Å². The highest BCUT2D eigenvalue weighted by atomic mass is 16.3. The van der Waals surface area contributed by atoms with Gasteiger partial charge in [-0.2, -0.15) is 0 Å². The number of hydrogen-bond acceptors (Lipinski definition) is 3. The summed E-state index contributed by atoms with van der Waals surface area (Å²) in [7, 11) is 0. The number of phenols is 1. The molecular weight excluding hydrogens is 298 g/mol. The van der Waals surface area contributed by atoms with E-state index in [0.717, 1.165) is 22.3 Å². The largest absolute Gasteiger partial charge is 0.507 e. The Bertz CT molecular complexity index is 787. The van der Waals surface area contributed by atoms with Crippen LogP contribution in [-0.2, 0) is 11.8 Å². The quantitative estimate of drug-likeness (QED) is 0.818. The molecule has 0 aliphatic heterocycles. The van der Waals surface area contributed by atoms with Gasteiger partial charge in [-0.1, -0.05) is 51.1 Å². The number of aryl methyl sites for hydroxylation is 1. The fourth-order valence-electron chi connectivity index (χ4n) is 3.23. The van der Waals surface area contributed by atoms with E-state index in [0.29, 0.717) is 12.0 Å². The second kappa shape index (κ2) is 6.06. The molecular formula is C21H25NO2. The Balaban J connectivity index is 1.97. The number of fused-ring (bicyclic) bond motifs is 1. The Morgan fingerprint density at radius 1 is 1.17 bits per heavy atom. The lowest BCUT2D eigenvalue weighted by molar-refractivity contribution is 0.159. The van der Waals surface area contributed by atoms with Crippen molar-refractivity contribution in [3.63, 3.8) is 0 Å². The highest BCUT2D eigenvalue weighted by molar-refractivity contribution is 5.85. The van der Waals surface area contributed by atoms with Gasteiger partial charge in [-0.3, -0.25) is 4.99 Å². The summed E-state index contributed by atoms with van der Waals surface area (Å²) in [5.41, 5.74) is 4.93. The normalized spacial score (nSPS) is 20.5. The van der Waals surface area contributed by atoms with Crippen LogP contribution in [0.3, 0.4) is 0 Å². The van der Waals surface area contributed by atoms with Gasteiger partial charge in [0.2, 0.25) is 0 Å². The van der Waals surface area contributed by atoms with Crippen molar-refractivity contribution in [1.82, 2.24) is 0 Å². The van der Waals surface area contributed by atoms with Crippen molar-refractivity contribution < 1.29 is 10.2 Å². The number of phenolic OH excluding ortho intramolecular Hbond substituents is 1. The van der Waals surface area contributed by atoms with E-state index in [9.17, 15) is 10.2 Å². The monoisotopic (exact) mass is 323 g/mol. The molecule has 0 radical (unpaired) electrons. The molecule has 0 saturated carbocycles. The average molecular weight is 323 g/mol. The molecule has 0 unspecified atom stereocenters. The van der Waals surface area contributed by atoms with Crippen LogP contribution in [0.5, 0.6) is 5.75 Å². The van der Waals surface area contributed by atoms with E-state index in [1.807, 2.05) is 43.3 Å². The van der Waals surface area contributed by atoms with E-state index in [1.165, 1.54) is 0 Å². The van der Waals surface area contributed by atoms with Crippen molar-refractivity contribution in [2.24, 2.45) is 4.99 Å². The summed E-state index contributed by atoms with van der Waals surface area (Å²) in [6.07, 6.45) is 1.83. The van der Waals surface area contributed by atoms with Crippen molar-refractivity contribution in [3.05, 3.63) is 64.2 Å². The van der Waals surface area contributed by atoms with Gasteiger partial charge in [0.05, 0.1) is 6.10 Å². The maximum Gasteiger partial charge on any atom is 0.127 e. The molecule has 126 valence electrons. The smallest absolute Gasteiger partial charge is 0.127 e. The molecule has 3 heteroatoms. The molecule has 0 saturated heterocycles. The van der Waals surface area contributed by atoms with Gasteiger partial charge in [0.25, 0.3) is 0 Å². The molecule has 0 spiro atoms. The van der Waals surface area contributed by atoms with Crippen molar-refractivity contribution >= 4 is 6.21 Å². The Morgan fingerprint density at radius 3 is 2.58 bits per heavy atom. The van der Waals surface area contributed by atoms with E-state index >= 15 is 0 Å². The fourth-order valence-corrected chi connectivity index (χ4v) is 3.23. The minimum atomic E-state index is -0.507. The van der Waals surface area contributed by atoms with E-state index < -0.39 is 6.10 Å². The summed E-state index contributed by atoms with van der Waals surface area (Å²) in [6.45, 7) is 8.35. The van der Waals surface area contributed by atoms with Crippen molar-refractivity contribution in [3.8, 4) is 5.75 Å². The van der Waals surface area contributed by atoms with E-state index in [4.69, 9.17) is 0 Å². The van der Waals surface area contributed by atoms with Crippen molar-refractivity contribution in [1.29, 1.82) is 0 Å². The number of hydrogen-bond donors (Lipinski definition) is 2. The van der Waals surface area contributed by atoms with Crippen LogP contribution in [-0.4, -0.2) is 22.5 Å². The predicted octanol–water partition coefficient (Wildman–Crippen LogP) is 4.08. The minimum Gasteiger partial charge on any atom is -0.507 e. The lowest BCUT2D eigenvalue weighted by Crippen LogP contribution is -2.13. The summed E-state index contributed by atoms with van der Waals surface area (Å²) in [6, 6.07) is 11.8. The lowest BCUT2D eigenvalue weighted by Gasteiger charge is -2.21. The molecule has 24 heavy (non-hydrogen) atoms. The highest BCUT2D eigenvalue weighted by Crippen LogP contribution is 2.35. The molecule has 2 aromatic rings. The first-order valence-electron chi connectivity index (χ1n) is 8.40. The topological polar surface area (TPSA) is 52.8 Å². The van der Waals surface area contributed by atoms with Crippen LogP contribution in [0.15, 0.2) is 41.4 Å². The number of aliphatic imine (C=N–C) groups is 1. The zero-order chi connectivity index (χ0) is 17.5. The average Bonchev–Trinajstić information content (AvgIpc) is 2.83. The zero-order valence-corrected chi connectivity index (χ0v) is 14.7. The Hall–Kier alpha value is -2.13. The van der Waals surface area contributed by atoms with E-state index in [2.05, 4.69) is 25.8 Å². The number of nitrogens with zero attached hydrogens (tertiary/aromatic N) is 1. The first-order valence-corrected chi connectivity index (χ1v) is 8.40. The molecule has 2 aromatic carbocycles. The summed E-state index contributed by atoms with van der Waals surface area (Å²) < 4.78 is 0. The van der Waals surface area contributed by atoms with Crippen LogP contribution >= 0.6 is 0 Å². The summed E-state index contributed by atoms with van der Waals surface area (Å²) in [5, 5.41) is 20.7. The maximum atomic E-state index is 10.4. The molecule has 0 aromatic heterocycles. The predicted molar refractivity (Wildman–Crippen MR) is 98.0 cm³/mol. The molecule has 0 fully saturated rings. The molecule has 2 N–H and O–H groups in total. The third kappa shape index (κ3) is 3.09. The van der Waals surface area contributed by atoms with Gasteiger partial charge < -0.3 is 10.2 Å². The molecule has 0 heterocycles. The van der Waals surface area contributed by atoms with Gasteiger partial charge in [-0.15, -0.1) is 0 Å². The van der Waals surface area contributed by atoms with Crippen LogP contribution < -0.4 is 0 Å². The Labute approximate surface area is 143 Å². The standard InChI is InChI=1S/C21H25NO2/c1-13-9-16(21(2,3)4)10-15(20(13)24)12-22-19-17-8-6-5-7-14(17)11-18(19)23/h5-10,12,18-19,23-24H,11H2,1-4H3/t18-,19+/m1/s1. The van der Waals surface area contributed by atoms with E-state index in [-0.39, 0.29) is 17.2 Å². The molecule has 1 aliphatic rings. The minimum absolute atomic E-state index is 0.000518. The van der Waals surface area contributed by atoms with Crippen LogP contribution in [0, 0.1) is 6.92 Å². The maximum absolute atomic E-state index is 10.4. The molecule has 3 rings (SSSR count). The second-order valence-corrected chi connectivity index (χ2v) is 7.67. The van der Waals surface area contributed by atoms with Crippen LogP contribution in [0.25, 0.3) is 0 Å². The molecule has 2 atom stereocenters. The van der Waals surface area contributed by atoms with Gasteiger partial charge in [0.1, 0.15) is 11.8 Å². The number of aromatic hydroxyl groups is 1. The van der Waals surface area contributed by atoms with Crippen LogP contribution in [0.1, 0.15) is 54.6 Å². The third-order valence-corrected chi connectivity index (χ3v) is 4.74. The van der Waals surface area contributed by atoms with Crippen LogP contribution in [0.2, 0.25) is 0 Å². The summed E-state index contributed by atoms with van der Waals surface area (Å²) in [5.74, 6) is 0.257. The van der Waals surface area contributed by atoms with Gasteiger partial charge in [0, 0.05) is 18.2 Å². The fraction of sp³-hybridized carbons (Fsp3) is 0.381. The first-order chi connectivity index (χ1) is 11.3. The SMILES string of the molecule is Cc1cc(C(C)(C)C)cc(C=N[C@H]2c3ccccc3C[C@H]2O)c1O. The Kier molecular flexibility index (Phi) is 4.22. The summed E-state index contributed by atoms with van der Waals surface area (Å²) >= 11 is 0. The Morgan fingerprint density at radius 2 is 1.88 bits per heavy atom. The zero-order valence-electron chi connectivity index (χ0n) is 14.7. The third-order valence-electron chi connectivity index (χ3n) is 4.74. The molecule has 0 bridgehead atoms. The van der Waals surface area contributed by atoms with Gasteiger partial charge in [-0.05, 0) is 40.7 Å². The van der Waals surface area contributed by atoms with Crippen LogP contribution in [0.4, 0.5) is 0 Å².